The van der Waals surface area contributed by atoms with Crippen molar-refractivity contribution in [2.45, 2.75) is 19.0 Å². The van der Waals surface area contributed by atoms with Crippen molar-refractivity contribution in [3.05, 3.63) is 96.1 Å². The molecule has 0 aromatic heterocycles. The van der Waals surface area contributed by atoms with Gasteiger partial charge in [0.1, 0.15) is 5.75 Å². The molecule has 0 saturated carbocycles. The lowest BCUT2D eigenvalue weighted by Gasteiger charge is -2.24. The quantitative estimate of drug-likeness (QED) is 0.656. The Bertz CT molecular complexity index is 826. The van der Waals surface area contributed by atoms with Crippen molar-refractivity contribution < 1.29 is 9.53 Å². The van der Waals surface area contributed by atoms with Crippen molar-refractivity contribution in [3.8, 4) is 5.75 Å². The van der Waals surface area contributed by atoms with Gasteiger partial charge in [0.2, 0.25) is 5.91 Å². The molecular weight excluding hydrogens is 336 g/mol. The molecule has 138 valence electrons. The molecule has 2 N–H and O–H groups in total. The Hall–Kier alpha value is -3.11. The average molecular weight is 360 g/mol. The van der Waals surface area contributed by atoms with Crippen LogP contribution < -0.4 is 15.4 Å². The summed E-state index contributed by atoms with van der Waals surface area (Å²) in [6.07, 6.45) is 0. The van der Waals surface area contributed by atoms with Crippen molar-refractivity contribution in [1.82, 2.24) is 5.32 Å². The number of hydrogen-bond donors (Lipinski definition) is 2. The zero-order valence-electron chi connectivity index (χ0n) is 15.6. The predicted octanol–water partition coefficient (Wildman–Crippen LogP) is 4.40. The van der Waals surface area contributed by atoms with Gasteiger partial charge in [0, 0.05) is 0 Å². The minimum atomic E-state index is -0.402. The lowest BCUT2D eigenvalue weighted by atomic mass is 9.98. The number of methoxy groups -OCH3 is 1. The van der Waals surface area contributed by atoms with E-state index in [1.165, 1.54) is 0 Å². The number of benzene rings is 3. The summed E-state index contributed by atoms with van der Waals surface area (Å²) in [6.45, 7) is 1.86. The monoisotopic (exact) mass is 360 g/mol. The van der Waals surface area contributed by atoms with Crippen LogP contribution in [0.4, 0.5) is 5.69 Å². The summed E-state index contributed by atoms with van der Waals surface area (Å²) in [6, 6.07) is 27.2. The summed E-state index contributed by atoms with van der Waals surface area (Å²) in [5.74, 6) is 0.525. The predicted molar refractivity (Wildman–Crippen MR) is 109 cm³/mol. The summed E-state index contributed by atoms with van der Waals surface area (Å²) in [5, 5.41) is 6.40. The van der Waals surface area contributed by atoms with Gasteiger partial charge in [0.05, 0.1) is 24.9 Å². The van der Waals surface area contributed by atoms with Gasteiger partial charge in [-0.2, -0.15) is 0 Å². The van der Waals surface area contributed by atoms with E-state index in [0.29, 0.717) is 11.4 Å². The van der Waals surface area contributed by atoms with E-state index in [2.05, 4.69) is 34.9 Å². The zero-order chi connectivity index (χ0) is 19.1. The molecule has 1 atom stereocenters. The molecule has 0 fully saturated rings. The van der Waals surface area contributed by atoms with Crippen LogP contribution in [0, 0.1) is 0 Å². The second-order valence-electron chi connectivity index (χ2n) is 6.33. The molecule has 1 amide bonds. The maximum absolute atomic E-state index is 12.7. The van der Waals surface area contributed by atoms with Crippen molar-refractivity contribution in [2.75, 3.05) is 12.4 Å². The van der Waals surface area contributed by atoms with E-state index in [-0.39, 0.29) is 11.9 Å². The zero-order valence-corrected chi connectivity index (χ0v) is 15.6. The normalized spacial score (nSPS) is 11.8. The molecule has 4 nitrogen and oxygen atoms in total. The summed E-state index contributed by atoms with van der Waals surface area (Å²) in [7, 11) is 1.59. The highest BCUT2D eigenvalue weighted by Gasteiger charge is 2.21. The molecule has 0 aliphatic carbocycles. The van der Waals surface area contributed by atoms with Gasteiger partial charge in [0.25, 0.3) is 0 Å². The van der Waals surface area contributed by atoms with Crippen LogP contribution in [0.15, 0.2) is 84.9 Å². The second kappa shape index (κ2) is 9.01. The second-order valence-corrected chi connectivity index (χ2v) is 6.33. The van der Waals surface area contributed by atoms with Gasteiger partial charge < -0.3 is 10.1 Å². The van der Waals surface area contributed by atoms with Gasteiger partial charge in [-0.05, 0) is 30.2 Å². The summed E-state index contributed by atoms with van der Waals surface area (Å²) in [4.78, 5) is 12.7. The fraction of sp³-hybridized carbons (Fsp3) is 0.174. The third kappa shape index (κ3) is 4.74. The maximum Gasteiger partial charge on any atom is 0.241 e. The molecule has 27 heavy (non-hydrogen) atoms. The first-order valence-corrected chi connectivity index (χ1v) is 8.99. The molecule has 3 aromatic rings. The van der Waals surface area contributed by atoms with Crippen LogP contribution in [-0.2, 0) is 4.79 Å². The fourth-order valence-corrected chi connectivity index (χ4v) is 2.99. The van der Waals surface area contributed by atoms with Gasteiger partial charge >= 0.3 is 0 Å². The molecule has 0 unspecified atom stereocenters. The number of carbonyl (C=O) groups excluding carboxylic acids is 1. The third-order valence-electron chi connectivity index (χ3n) is 4.44. The Balaban J connectivity index is 1.78. The maximum atomic E-state index is 12.7. The van der Waals surface area contributed by atoms with Crippen LogP contribution in [0.25, 0.3) is 0 Å². The Kier molecular flexibility index (Phi) is 6.23. The lowest BCUT2D eigenvalue weighted by molar-refractivity contribution is -0.117. The fourth-order valence-electron chi connectivity index (χ4n) is 2.99. The highest BCUT2D eigenvalue weighted by atomic mass is 16.5. The number of hydrogen-bond acceptors (Lipinski definition) is 3. The first-order chi connectivity index (χ1) is 13.2. The van der Waals surface area contributed by atoms with Crippen LogP contribution in [-0.4, -0.2) is 19.1 Å². The van der Waals surface area contributed by atoms with E-state index < -0.39 is 6.04 Å². The molecule has 3 rings (SSSR count). The van der Waals surface area contributed by atoms with Crippen molar-refractivity contribution in [2.24, 2.45) is 0 Å². The number of ether oxygens (including phenoxy) is 1. The molecule has 4 heteroatoms. The standard InChI is InChI=1S/C23H24N2O2/c1-17(23(26)25-20-15-9-10-16-21(20)27-2)24-22(18-11-5-3-6-12-18)19-13-7-4-8-14-19/h3-17,22,24H,1-2H3,(H,25,26)/t17-/m0/s1. The molecule has 3 aromatic carbocycles. The highest BCUT2D eigenvalue weighted by Crippen LogP contribution is 2.25. The number of anilines is 1. The Morgan fingerprint density at radius 2 is 1.33 bits per heavy atom. The molecule has 0 spiro atoms. The van der Waals surface area contributed by atoms with Crippen LogP contribution in [0.3, 0.4) is 0 Å². The van der Waals surface area contributed by atoms with E-state index in [1.807, 2.05) is 67.6 Å². The van der Waals surface area contributed by atoms with Gasteiger partial charge in [-0.15, -0.1) is 0 Å². The number of para-hydroxylation sites is 2. The van der Waals surface area contributed by atoms with Gasteiger partial charge in [-0.25, -0.2) is 0 Å². The average Bonchev–Trinajstić information content (AvgIpc) is 2.73. The molecule has 0 bridgehead atoms. The third-order valence-corrected chi connectivity index (χ3v) is 4.44. The number of amides is 1. The lowest BCUT2D eigenvalue weighted by Crippen LogP contribution is -2.40. The highest BCUT2D eigenvalue weighted by molar-refractivity contribution is 5.95. The van der Waals surface area contributed by atoms with Gasteiger partial charge in [-0.3, -0.25) is 10.1 Å². The van der Waals surface area contributed by atoms with E-state index in [4.69, 9.17) is 4.74 Å². The Morgan fingerprint density at radius 1 is 0.815 bits per heavy atom. The Labute approximate surface area is 160 Å². The molecule has 0 radical (unpaired) electrons. The first-order valence-electron chi connectivity index (χ1n) is 8.99. The van der Waals surface area contributed by atoms with Gasteiger partial charge in [0.15, 0.2) is 0 Å². The SMILES string of the molecule is COc1ccccc1NC(=O)[C@H](C)NC(c1ccccc1)c1ccccc1. The van der Waals surface area contributed by atoms with E-state index in [9.17, 15) is 4.79 Å². The number of nitrogens with one attached hydrogen (secondary N) is 2. The number of rotatable bonds is 7. The molecule has 0 saturated heterocycles. The van der Waals surface area contributed by atoms with Crippen LogP contribution in [0.5, 0.6) is 5.75 Å². The molecule has 0 aliphatic heterocycles. The Morgan fingerprint density at radius 3 is 1.89 bits per heavy atom. The summed E-state index contributed by atoms with van der Waals surface area (Å²) < 4.78 is 5.31. The van der Waals surface area contributed by atoms with Gasteiger partial charge in [-0.1, -0.05) is 72.8 Å². The van der Waals surface area contributed by atoms with Crippen molar-refractivity contribution in [3.63, 3.8) is 0 Å². The van der Waals surface area contributed by atoms with Crippen LogP contribution in [0.1, 0.15) is 24.1 Å². The first kappa shape index (κ1) is 18.7. The minimum Gasteiger partial charge on any atom is -0.495 e. The minimum absolute atomic E-state index is 0.0779. The number of carbonyl (C=O) groups is 1. The van der Waals surface area contributed by atoms with Crippen molar-refractivity contribution >= 4 is 11.6 Å². The summed E-state index contributed by atoms with van der Waals surface area (Å²) in [5.41, 5.74) is 2.89. The van der Waals surface area contributed by atoms with Crippen molar-refractivity contribution in [1.29, 1.82) is 0 Å². The van der Waals surface area contributed by atoms with E-state index in [0.717, 1.165) is 11.1 Å². The van der Waals surface area contributed by atoms with E-state index >= 15 is 0 Å². The van der Waals surface area contributed by atoms with Crippen LogP contribution in [0.2, 0.25) is 0 Å². The summed E-state index contributed by atoms with van der Waals surface area (Å²) >= 11 is 0. The van der Waals surface area contributed by atoms with E-state index in [1.54, 1.807) is 7.11 Å². The largest absolute Gasteiger partial charge is 0.495 e. The molecule has 0 heterocycles. The topological polar surface area (TPSA) is 50.4 Å². The van der Waals surface area contributed by atoms with Crippen LogP contribution >= 0.6 is 0 Å². The molecular formula is C23H24N2O2. The smallest absolute Gasteiger partial charge is 0.241 e. The molecule has 0 aliphatic rings.